The van der Waals surface area contributed by atoms with Crippen molar-refractivity contribution < 1.29 is 4.74 Å². The van der Waals surface area contributed by atoms with Gasteiger partial charge >= 0.3 is 0 Å². The van der Waals surface area contributed by atoms with Crippen molar-refractivity contribution in [3.8, 4) is 17.1 Å². The molecule has 0 aliphatic carbocycles. The van der Waals surface area contributed by atoms with Crippen molar-refractivity contribution in [1.29, 1.82) is 0 Å². The molecule has 7 heteroatoms. The lowest BCUT2D eigenvalue weighted by Gasteiger charge is -2.26. The summed E-state index contributed by atoms with van der Waals surface area (Å²) in [5.74, 6) is 1.68. The second kappa shape index (κ2) is 7.80. The van der Waals surface area contributed by atoms with Crippen molar-refractivity contribution in [3.63, 3.8) is 0 Å². The van der Waals surface area contributed by atoms with Crippen molar-refractivity contribution in [2.24, 2.45) is 0 Å². The van der Waals surface area contributed by atoms with E-state index in [0.29, 0.717) is 13.2 Å². The zero-order valence-electron chi connectivity index (χ0n) is 15.3. The van der Waals surface area contributed by atoms with Gasteiger partial charge in [-0.05, 0) is 59.9 Å². The van der Waals surface area contributed by atoms with Crippen molar-refractivity contribution in [1.82, 2.24) is 19.2 Å². The lowest BCUT2D eigenvalue weighted by Crippen LogP contribution is -2.32. The van der Waals surface area contributed by atoms with Gasteiger partial charge in [0.15, 0.2) is 10.6 Å². The average molecular weight is 399 g/mol. The van der Waals surface area contributed by atoms with Crippen LogP contribution < -0.4 is 4.74 Å². The Labute approximate surface area is 168 Å². The second-order valence-electron chi connectivity index (χ2n) is 6.55. The van der Waals surface area contributed by atoms with Gasteiger partial charge in [0.2, 0.25) is 0 Å². The summed E-state index contributed by atoms with van der Waals surface area (Å²) in [5.41, 5.74) is 2.44. The monoisotopic (exact) mass is 398 g/mol. The highest BCUT2D eigenvalue weighted by molar-refractivity contribution is 7.71. The molecule has 27 heavy (non-hydrogen) atoms. The number of aromatic nitrogens is 3. The van der Waals surface area contributed by atoms with Crippen LogP contribution in [0.5, 0.6) is 5.75 Å². The predicted octanol–water partition coefficient (Wildman–Crippen LogP) is 4.35. The number of hydrogen-bond donors (Lipinski definition) is 0. The first-order valence-electron chi connectivity index (χ1n) is 8.90. The number of nitrogens with zero attached hydrogens (tertiary/aromatic N) is 4. The molecule has 1 aliphatic rings. The first kappa shape index (κ1) is 18.2. The highest BCUT2D eigenvalue weighted by atomic mass is 32.1. The van der Waals surface area contributed by atoms with Crippen LogP contribution in [0, 0.1) is 4.77 Å². The minimum absolute atomic E-state index is 0.634. The number of ether oxygens (including phenoxy) is 1. The largest absolute Gasteiger partial charge is 0.497 e. The number of fused-ring (bicyclic) bond motifs is 1. The molecule has 3 aromatic rings. The third kappa shape index (κ3) is 3.63. The number of rotatable bonds is 6. The van der Waals surface area contributed by atoms with Gasteiger partial charge in [0.25, 0.3) is 0 Å². The molecule has 0 bridgehead atoms. The van der Waals surface area contributed by atoms with E-state index in [1.807, 2.05) is 50.9 Å². The molecule has 0 spiro atoms. The normalized spacial score (nSPS) is 14.1. The molecule has 1 aromatic carbocycles. The van der Waals surface area contributed by atoms with Crippen LogP contribution in [-0.4, -0.2) is 32.9 Å². The van der Waals surface area contributed by atoms with E-state index < -0.39 is 0 Å². The summed E-state index contributed by atoms with van der Waals surface area (Å²) in [4.78, 5) is 3.90. The fourth-order valence-corrected chi connectivity index (χ4v) is 4.55. The molecule has 2 aromatic heterocycles. The van der Waals surface area contributed by atoms with Gasteiger partial charge in [-0.15, -0.1) is 17.9 Å². The van der Waals surface area contributed by atoms with Gasteiger partial charge in [-0.25, -0.2) is 4.68 Å². The molecule has 0 saturated carbocycles. The lowest BCUT2D eigenvalue weighted by molar-refractivity contribution is 0.189. The topological polar surface area (TPSA) is 35.2 Å². The molecule has 0 amide bonds. The minimum atomic E-state index is 0.634. The molecule has 0 saturated heterocycles. The summed E-state index contributed by atoms with van der Waals surface area (Å²) in [7, 11) is 1.67. The van der Waals surface area contributed by atoms with Gasteiger partial charge in [-0.1, -0.05) is 6.08 Å². The lowest BCUT2D eigenvalue weighted by atomic mass is 10.1. The van der Waals surface area contributed by atoms with Crippen molar-refractivity contribution >= 4 is 23.6 Å². The van der Waals surface area contributed by atoms with Crippen LogP contribution in [0.15, 0.2) is 48.4 Å². The van der Waals surface area contributed by atoms with E-state index in [2.05, 4.69) is 22.9 Å². The van der Waals surface area contributed by atoms with Crippen LogP contribution in [0.25, 0.3) is 11.4 Å². The highest BCUT2D eigenvalue weighted by Gasteiger charge is 2.19. The molecular formula is C20H22N4OS2. The predicted molar refractivity (Wildman–Crippen MR) is 112 cm³/mol. The van der Waals surface area contributed by atoms with Gasteiger partial charge in [0.05, 0.1) is 13.8 Å². The Bertz CT molecular complexity index is 1000. The molecule has 140 valence electrons. The molecule has 3 heterocycles. The van der Waals surface area contributed by atoms with Gasteiger partial charge in [-0.2, -0.15) is 5.10 Å². The summed E-state index contributed by atoms with van der Waals surface area (Å²) in [6, 6.07) is 10.1. The summed E-state index contributed by atoms with van der Waals surface area (Å²) in [6.07, 6.45) is 2.95. The molecule has 0 unspecified atom stereocenters. The zero-order chi connectivity index (χ0) is 18.8. The second-order valence-corrected chi connectivity index (χ2v) is 7.91. The Morgan fingerprint density at radius 1 is 1.30 bits per heavy atom. The Balaban J connectivity index is 1.63. The van der Waals surface area contributed by atoms with Gasteiger partial charge < -0.3 is 4.74 Å². The average Bonchev–Trinajstić information content (AvgIpc) is 3.28. The number of thiophene rings is 1. The maximum Gasteiger partial charge on any atom is 0.199 e. The fourth-order valence-electron chi connectivity index (χ4n) is 3.40. The van der Waals surface area contributed by atoms with Crippen molar-refractivity contribution in [2.45, 2.75) is 26.2 Å². The van der Waals surface area contributed by atoms with Gasteiger partial charge in [-0.3, -0.25) is 9.47 Å². The zero-order valence-corrected chi connectivity index (χ0v) is 16.9. The van der Waals surface area contributed by atoms with E-state index in [4.69, 9.17) is 22.1 Å². The van der Waals surface area contributed by atoms with E-state index in [-0.39, 0.29) is 0 Å². The van der Waals surface area contributed by atoms with Crippen LogP contribution in [-0.2, 0) is 26.2 Å². The molecule has 0 fully saturated rings. The van der Waals surface area contributed by atoms with Crippen LogP contribution in [0.1, 0.15) is 10.4 Å². The third-order valence-electron chi connectivity index (χ3n) is 4.80. The molecule has 0 radical (unpaired) electrons. The number of hydrogen-bond acceptors (Lipinski definition) is 5. The molecule has 5 nitrogen and oxygen atoms in total. The first-order valence-corrected chi connectivity index (χ1v) is 10.2. The summed E-state index contributed by atoms with van der Waals surface area (Å²) < 4.78 is 9.94. The Morgan fingerprint density at radius 2 is 2.11 bits per heavy atom. The van der Waals surface area contributed by atoms with E-state index in [0.717, 1.165) is 41.4 Å². The van der Waals surface area contributed by atoms with Crippen molar-refractivity contribution in [3.05, 3.63) is 63.6 Å². The summed E-state index contributed by atoms with van der Waals surface area (Å²) >= 11 is 7.58. The third-order valence-corrected chi connectivity index (χ3v) is 6.26. The minimum Gasteiger partial charge on any atom is -0.497 e. The highest BCUT2D eigenvalue weighted by Crippen LogP contribution is 2.25. The summed E-state index contributed by atoms with van der Waals surface area (Å²) in [5, 5.41) is 7.02. The quantitative estimate of drug-likeness (QED) is 0.457. The number of methoxy groups -OCH3 is 1. The molecule has 4 rings (SSSR count). The maximum atomic E-state index is 5.72. The number of benzene rings is 1. The fraction of sp³-hybridized carbons (Fsp3) is 0.300. The van der Waals surface area contributed by atoms with E-state index >= 15 is 0 Å². The van der Waals surface area contributed by atoms with Crippen LogP contribution >= 0.6 is 23.6 Å². The molecule has 0 atom stereocenters. The molecule has 1 aliphatic heterocycles. The maximum absolute atomic E-state index is 5.72. The van der Waals surface area contributed by atoms with Crippen LogP contribution in [0.2, 0.25) is 0 Å². The van der Waals surface area contributed by atoms with E-state index in [1.54, 1.807) is 7.11 Å². The van der Waals surface area contributed by atoms with E-state index in [9.17, 15) is 0 Å². The Morgan fingerprint density at radius 3 is 2.85 bits per heavy atom. The smallest absolute Gasteiger partial charge is 0.199 e. The standard InChI is InChI=1S/C20H22N4OS2/c1-3-10-23-19(15-4-6-17(25-2)7-5-15)21-24(20(23)26)14-22-11-8-18-16(13-22)9-12-27-18/h3-7,9,12H,1,8,10-11,13-14H2,2H3. The number of allylic oxidation sites excluding steroid dienone is 1. The Kier molecular flexibility index (Phi) is 5.24. The van der Waals surface area contributed by atoms with Crippen molar-refractivity contribution in [2.75, 3.05) is 13.7 Å². The van der Waals surface area contributed by atoms with Crippen LogP contribution in [0.3, 0.4) is 0 Å². The van der Waals surface area contributed by atoms with Crippen LogP contribution in [0.4, 0.5) is 0 Å². The molecular weight excluding hydrogens is 376 g/mol. The van der Waals surface area contributed by atoms with E-state index in [1.165, 1.54) is 10.4 Å². The SMILES string of the molecule is C=CCn1c(-c2ccc(OC)cc2)nn(CN2CCc3sccc3C2)c1=S. The molecule has 0 N–H and O–H groups in total. The van der Waals surface area contributed by atoms with Gasteiger partial charge in [0, 0.05) is 30.1 Å². The Hall–Kier alpha value is -2.22. The van der Waals surface area contributed by atoms with Gasteiger partial charge in [0.1, 0.15) is 5.75 Å². The first-order chi connectivity index (χ1) is 13.2. The summed E-state index contributed by atoms with van der Waals surface area (Å²) in [6.45, 7) is 7.18.